The van der Waals surface area contributed by atoms with Gasteiger partial charge in [-0.1, -0.05) is 24.3 Å². The van der Waals surface area contributed by atoms with Crippen molar-refractivity contribution < 1.29 is 19.5 Å². The number of carbonyl (C=O) groups excluding carboxylic acids is 3. The van der Waals surface area contributed by atoms with Crippen molar-refractivity contribution in [1.29, 1.82) is 0 Å². The molecular formula is C24H29N3O4S. The summed E-state index contributed by atoms with van der Waals surface area (Å²) in [4.78, 5) is 44.6. The molecule has 0 bridgehead atoms. The predicted molar refractivity (Wildman–Crippen MR) is 122 cm³/mol. The van der Waals surface area contributed by atoms with E-state index in [1.807, 2.05) is 36.7 Å². The van der Waals surface area contributed by atoms with Gasteiger partial charge < -0.3 is 20.1 Å². The van der Waals surface area contributed by atoms with Gasteiger partial charge in [-0.15, -0.1) is 11.3 Å². The van der Waals surface area contributed by atoms with E-state index in [0.717, 1.165) is 34.5 Å². The lowest BCUT2D eigenvalue weighted by molar-refractivity contribution is -0.143. The maximum Gasteiger partial charge on any atom is 0.243 e. The molecule has 0 radical (unpaired) electrons. The van der Waals surface area contributed by atoms with E-state index in [9.17, 15) is 19.5 Å². The smallest absolute Gasteiger partial charge is 0.243 e. The first-order valence-corrected chi connectivity index (χ1v) is 12.0. The lowest BCUT2D eigenvalue weighted by atomic mass is 9.95. The molecule has 2 fully saturated rings. The zero-order valence-electron chi connectivity index (χ0n) is 18.4. The molecule has 2 N–H and O–H groups in total. The Labute approximate surface area is 191 Å². The number of carbonyl (C=O) groups is 3. The molecular weight excluding hydrogens is 426 g/mol. The monoisotopic (exact) mass is 455 g/mol. The Kier molecular flexibility index (Phi) is 6.71. The van der Waals surface area contributed by atoms with Gasteiger partial charge in [0.15, 0.2) is 0 Å². The molecule has 1 aliphatic heterocycles. The fourth-order valence-corrected chi connectivity index (χ4v) is 5.25. The molecule has 2 aliphatic rings. The van der Waals surface area contributed by atoms with E-state index < -0.39 is 12.1 Å². The highest BCUT2D eigenvalue weighted by Gasteiger charge is 2.45. The third-order valence-corrected chi connectivity index (χ3v) is 7.29. The summed E-state index contributed by atoms with van der Waals surface area (Å²) in [5.41, 5.74) is 4.86. The fraction of sp³-hybridized carbons (Fsp3) is 0.500. The molecule has 170 valence electrons. The molecule has 1 aliphatic carbocycles. The second-order valence-corrected chi connectivity index (χ2v) is 9.78. The minimum atomic E-state index is -0.728. The number of β-amino-alcohol motifs (C(OH)–C–C–N with tert-alkyl or cyclic N) is 1. The van der Waals surface area contributed by atoms with Gasteiger partial charge in [-0.3, -0.25) is 9.59 Å². The number of aliphatic hydroxyl groups is 1. The number of aliphatic hydroxyl groups excluding tert-OH is 1. The van der Waals surface area contributed by atoms with Crippen LogP contribution in [0.15, 0.2) is 29.8 Å². The van der Waals surface area contributed by atoms with Crippen molar-refractivity contribution in [2.24, 2.45) is 11.8 Å². The second kappa shape index (κ2) is 9.50. The minimum Gasteiger partial charge on any atom is -0.391 e. The van der Waals surface area contributed by atoms with Crippen LogP contribution in [0.1, 0.15) is 43.9 Å². The first kappa shape index (κ1) is 22.6. The number of aryl methyl sites for hydroxylation is 1. The van der Waals surface area contributed by atoms with Crippen LogP contribution < -0.4 is 5.32 Å². The topological polar surface area (TPSA) is 99.6 Å². The van der Waals surface area contributed by atoms with Crippen molar-refractivity contribution in [3.8, 4) is 10.4 Å². The number of amides is 2. The van der Waals surface area contributed by atoms with Gasteiger partial charge in [0.25, 0.3) is 0 Å². The van der Waals surface area contributed by atoms with Crippen LogP contribution >= 0.6 is 11.3 Å². The van der Waals surface area contributed by atoms with Crippen LogP contribution in [0.5, 0.6) is 0 Å². The molecule has 32 heavy (non-hydrogen) atoms. The van der Waals surface area contributed by atoms with Crippen molar-refractivity contribution in [2.45, 2.75) is 58.2 Å². The van der Waals surface area contributed by atoms with Gasteiger partial charge in [0.2, 0.25) is 11.8 Å². The first-order chi connectivity index (χ1) is 15.3. The summed E-state index contributed by atoms with van der Waals surface area (Å²) in [6.07, 6.45) is 1.57. The van der Waals surface area contributed by atoms with Crippen LogP contribution in [-0.2, 0) is 20.9 Å². The zero-order valence-corrected chi connectivity index (χ0v) is 19.2. The molecule has 2 aromatic rings. The number of hydrogen-bond donors (Lipinski definition) is 2. The SMILES string of the molecule is CC(=O)C[C@H](C(=O)N1C[C@H](O)C[C@H]1C(=O)NCc1ccc(-c2scnc2C)cc1)C1CC1. The molecule has 7 nitrogen and oxygen atoms in total. The van der Waals surface area contributed by atoms with Crippen LogP contribution in [0.2, 0.25) is 0 Å². The number of nitrogens with zero attached hydrogens (tertiary/aromatic N) is 2. The summed E-state index contributed by atoms with van der Waals surface area (Å²) in [5, 5.41) is 13.1. The normalized spacial score (nSPS) is 21.4. The standard InChI is InChI=1S/C24H29N3O4S/c1-14(28)9-20(17-7-8-17)24(31)27-12-19(29)10-21(27)23(30)25-11-16-3-5-18(6-4-16)22-15(2)26-13-32-22/h3-6,13,17,19-21,29H,7-12H2,1-2H3,(H,25,30)/t19-,20+,21+/m1/s1. The Morgan fingerprint density at radius 2 is 1.97 bits per heavy atom. The lowest BCUT2D eigenvalue weighted by Crippen LogP contribution is -2.48. The molecule has 3 atom stereocenters. The number of Topliss-reactive ketones (excluding diaryl/α,β-unsaturated/α-hetero) is 1. The second-order valence-electron chi connectivity index (χ2n) is 8.93. The molecule has 4 rings (SSSR count). The number of ketones is 1. The van der Waals surface area contributed by atoms with Crippen LogP contribution in [0.3, 0.4) is 0 Å². The Bertz CT molecular complexity index is 999. The largest absolute Gasteiger partial charge is 0.391 e. The highest BCUT2D eigenvalue weighted by Crippen LogP contribution is 2.40. The van der Waals surface area contributed by atoms with Crippen molar-refractivity contribution in [1.82, 2.24) is 15.2 Å². The minimum absolute atomic E-state index is 0.0204. The van der Waals surface area contributed by atoms with Crippen molar-refractivity contribution in [2.75, 3.05) is 6.54 Å². The number of benzene rings is 1. The maximum atomic E-state index is 13.2. The van der Waals surface area contributed by atoms with E-state index in [2.05, 4.69) is 10.3 Å². The third kappa shape index (κ3) is 5.07. The third-order valence-electron chi connectivity index (χ3n) is 6.31. The van der Waals surface area contributed by atoms with Gasteiger partial charge in [0, 0.05) is 31.8 Å². The predicted octanol–water partition coefficient (Wildman–Crippen LogP) is 2.70. The van der Waals surface area contributed by atoms with E-state index in [4.69, 9.17) is 0 Å². The Hall–Kier alpha value is -2.58. The molecule has 1 aromatic heterocycles. The molecule has 1 saturated heterocycles. The summed E-state index contributed by atoms with van der Waals surface area (Å²) in [7, 11) is 0. The fourth-order valence-electron chi connectivity index (χ4n) is 4.44. The molecule has 0 spiro atoms. The quantitative estimate of drug-likeness (QED) is 0.638. The summed E-state index contributed by atoms with van der Waals surface area (Å²) < 4.78 is 0. The average Bonchev–Trinajstić information content (AvgIpc) is 3.40. The molecule has 2 amide bonds. The Morgan fingerprint density at radius 3 is 2.56 bits per heavy atom. The Balaban J connectivity index is 1.39. The number of hydrogen-bond acceptors (Lipinski definition) is 6. The summed E-state index contributed by atoms with van der Waals surface area (Å²) in [6, 6.07) is 7.26. The highest BCUT2D eigenvalue weighted by atomic mass is 32.1. The van der Waals surface area contributed by atoms with E-state index in [-0.39, 0.29) is 48.8 Å². The molecule has 2 heterocycles. The van der Waals surface area contributed by atoms with Crippen LogP contribution in [0.4, 0.5) is 0 Å². The number of aromatic nitrogens is 1. The Morgan fingerprint density at radius 1 is 1.25 bits per heavy atom. The molecule has 8 heteroatoms. The summed E-state index contributed by atoms with van der Waals surface area (Å²) >= 11 is 1.60. The van der Waals surface area contributed by atoms with Crippen molar-refractivity contribution >= 4 is 28.9 Å². The molecule has 1 saturated carbocycles. The van der Waals surface area contributed by atoms with Crippen molar-refractivity contribution in [3.05, 3.63) is 41.0 Å². The van der Waals surface area contributed by atoms with Gasteiger partial charge in [-0.2, -0.15) is 0 Å². The molecule has 0 unspecified atom stereocenters. The van der Waals surface area contributed by atoms with Crippen molar-refractivity contribution in [3.63, 3.8) is 0 Å². The van der Waals surface area contributed by atoms with Gasteiger partial charge in [0.05, 0.1) is 22.2 Å². The van der Waals surface area contributed by atoms with Gasteiger partial charge in [0.1, 0.15) is 11.8 Å². The maximum absolute atomic E-state index is 13.2. The first-order valence-electron chi connectivity index (χ1n) is 11.1. The number of rotatable bonds is 8. The van der Waals surface area contributed by atoms with E-state index in [0.29, 0.717) is 6.54 Å². The van der Waals surface area contributed by atoms with Crippen LogP contribution in [0, 0.1) is 18.8 Å². The van der Waals surface area contributed by atoms with Gasteiger partial charge >= 0.3 is 0 Å². The summed E-state index contributed by atoms with van der Waals surface area (Å²) in [5.74, 6) is -0.629. The molecule has 1 aromatic carbocycles. The zero-order chi connectivity index (χ0) is 22.8. The lowest BCUT2D eigenvalue weighted by Gasteiger charge is -2.28. The summed E-state index contributed by atoms with van der Waals surface area (Å²) in [6.45, 7) is 3.95. The van der Waals surface area contributed by atoms with Gasteiger partial charge in [-0.25, -0.2) is 4.98 Å². The van der Waals surface area contributed by atoms with E-state index in [1.54, 1.807) is 11.3 Å². The van der Waals surface area contributed by atoms with Crippen LogP contribution in [-0.4, -0.2) is 51.3 Å². The average molecular weight is 456 g/mol. The van der Waals surface area contributed by atoms with E-state index >= 15 is 0 Å². The number of likely N-dealkylation sites (tertiary alicyclic amines) is 1. The van der Waals surface area contributed by atoms with Gasteiger partial charge in [-0.05, 0) is 43.7 Å². The highest BCUT2D eigenvalue weighted by molar-refractivity contribution is 7.13. The number of thiazole rings is 1. The van der Waals surface area contributed by atoms with E-state index in [1.165, 1.54) is 11.8 Å². The number of nitrogens with one attached hydrogen (secondary N) is 1. The van der Waals surface area contributed by atoms with Crippen LogP contribution in [0.25, 0.3) is 10.4 Å².